The molecule has 1 unspecified atom stereocenters. The van der Waals surface area contributed by atoms with Gasteiger partial charge in [-0.2, -0.15) is 5.10 Å². The molecule has 2 aromatic rings. The lowest BCUT2D eigenvalue weighted by molar-refractivity contribution is 0.593. The quantitative estimate of drug-likeness (QED) is 0.816. The van der Waals surface area contributed by atoms with Crippen molar-refractivity contribution in [3.8, 4) is 0 Å². The van der Waals surface area contributed by atoms with E-state index in [2.05, 4.69) is 27.1 Å². The minimum absolute atomic E-state index is 0.132. The maximum absolute atomic E-state index is 6.23. The van der Waals surface area contributed by atoms with Crippen LogP contribution in [0.2, 0.25) is 5.02 Å². The van der Waals surface area contributed by atoms with Gasteiger partial charge in [-0.1, -0.05) is 23.7 Å². The number of benzene rings is 1. The Bertz CT molecular complexity index is 559. The van der Waals surface area contributed by atoms with Gasteiger partial charge < -0.3 is 5.73 Å². The Morgan fingerprint density at radius 1 is 1.47 bits per heavy atom. The van der Waals surface area contributed by atoms with Gasteiger partial charge in [-0.25, -0.2) is 0 Å². The number of nitrogens with zero attached hydrogens (tertiary/aromatic N) is 2. The number of aryl methyl sites for hydroxylation is 1. The largest absolute Gasteiger partial charge is 0.322 e. The number of hydrogen-bond acceptors (Lipinski definition) is 3. The summed E-state index contributed by atoms with van der Waals surface area (Å²) in [5, 5.41) is 4.85. The topological polar surface area (TPSA) is 43.8 Å². The van der Waals surface area contributed by atoms with E-state index in [0.29, 0.717) is 5.02 Å². The van der Waals surface area contributed by atoms with Crippen molar-refractivity contribution in [1.29, 1.82) is 0 Å². The molecule has 0 amide bonds. The van der Waals surface area contributed by atoms with E-state index < -0.39 is 0 Å². The van der Waals surface area contributed by atoms with Crippen LogP contribution in [0.3, 0.4) is 0 Å². The van der Waals surface area contributed by atoms with Crippen LogP contribution < -0.4 is 5.73 Å². The molecule has 0 bridgehead atoms. The molecule has 0 saturated heterocycles. The predicted molar refractivity (Wildman–Crippen MR) is 84.7 cm³/mol. The standard InChI is InChI=1S/C13H15BrClN3S/c1-2-18-13(10(15)7-17-18)11(16)8-19-12-6-4-3-5-9(12)14/h3-7,11H,2,8,16H2,1H3. The highest BCUT2D eigenvalue weighted by molar-refractivity contribution is 9.10. The van der Waals surface area contributed by atoms with Gasteiger partial charge in [0.25, 0.3) is 0 Å². The van der Waals surface area contributed by atoms with E-state index in [9.17, 15) is 0 Å². The molecule has 0 spiro atoms. The molecule has 0 aliphatic heterocycles. The lowest BCUT2D eigenvalue weighted by Crippen LogP contribution is -2.18. The Labute approximate surface area is 130 Å². The van der Waals surface area contributed by atoms with E-state index in [4.69, 9.17) is 17.3 Å². The summed E-state index contributed by atoms with van der Waals surface area (Å²) in [6.45, 7) is 2.80. The third kappa shape index (κ3) is 3.54. The van der Waals surface area contributed by atoms with Crippen LogP contribution >= 0.6 is 39.3 Å². The smallest absolute Gasteiger partial charge is 0.0834 e. The second kappa shape index (κ2) is 6.79. The maximum Gasteiger partial charge on any atom is 0.0834 e. The molecule has 1 heterocycles. The van der Waals surface area contributed by atoms with Crippen LogP contribution in [0.4, 0.5) is 0 Å². The van der Waals surface area contributed by atoms with E-state index >= 15 is 0 Å². The number of rotatable bonds is 5. The Balaban J connectivity index is 2.07. The molecule has 0 radical (unpaired) electrons. The summed E-state index contributed by atoms with van der Waals surface area (Å²) >= 11 is 11.4. The summed E-state index contributed by atoms with van der Waals surface area (Å²) in [4.78, 5) is 1.18. The molecular weight excluding hydrogens is 346 g/mol. The zero-order chi connectivity index (χ0) is 13.8. The summed E-state index contributed by atoms with van der Waals surface area (Å²) in [7, 11) is 0. The van der Waals surface area contributed by atoms with Crippen LogP contribution in [-0.2, 0) is 6.54 Å². The molecule has 0 saturated carbocycles. The van der Waals surface area contributed by atoms with Crippen molar-refractivity contribution in [3.63, 3.8) is 0 Å². The second-order valence-corrected chi connectivity index (χ2v) is 6.36. The first-order chi connectivity index (χ1) is 9.13. The average molecular weight is 361 g/mol. The van der Waals surface area contributed by atoms with E-state index in [1.54, 1.807) is 18.0 Å². The Morgan fingerprint density at radius 3 is 2.89 bits per heavy atom. The first kappa shape index (κ1) is 14.9. The molecule has 0 fully saturated rings. The Hall–Kier alpha value is -0.490. The molecule has 0 aliphatic rings. The lowest BCUT2D eigenvalue weighted by atomic mass is 10.2. The van der Waals surface area contributed by atoms with Gasteiger partial charge in [0.2, 0.25) is 0 Å². The third-order valence-corrected chi connectivity index (χ3v) is 5.18. The fraction of sp³-hybridized carbons (Fsp3) is 0.308. The lowest BCUT2D eigenvalue weighted by Gasteiger charge is -2.14. The van der Waals surface area contributed by atoms with Gasteiger partial charge in [-0.3, -0.25) is 4.68 Å². The van der Waals surface area contributed by atoms with Crippen molar-refractivity contribution in [2.24, 2.45) is 5.73 Å². The van der Waals surface area contributed by atoms with E-state index in [0.717, 1.165) is 22.5 Å². The van der Waals surface area contributed by atoms with E-state index in [1.165, 1.54) is 4.90 Å². The van der Waals surface area contributed by atoms with Gasteiger partial charge in [0.05, 0.1) is 23.0 Å². The zero-order valence-electron chi connectivity index (χ0n) is 10.5. The van der Waals surface area contributed by atoms with Crippen LogP contribution in [0.15, 0.2) is 39.8 Å². The monoisotopic (exact) mass is 359 g/mol. The van der Waals surface area contributed by atoms with Crippen LogP contribution in [0.25, 0.3) is 0 Å². The van der Waals surface area contributed by atoms with E-state index in [-0.39, 0.29) is 6.04 Å². The molecule has 19 heavy (non-hydrogen) atoms. The van der Waals surface area contributed by atoms with Crippen LogP contribution in [0, 0.1) is 0 Å². The molecule has 0 aliphatic carbocycles. The molecule has 1 aromatic heterocycles. The summed E-state index contributed by atoms with van der Waals surface area (Å²) in [6, 6.07) is 7.98. The fourth-order valence-corrected chi connectivity index (χ4v) is 3.62. The van der Waals surface area contributed by atoms with E-state index in [1.807, 2.05) is 29.8 Å². The maximum atomic E-state index is 6.23. The van der Waals surface area contributed by atoms with Crippen LogP contribution in [0.1, 0.15) is 18.7 Å². The fourth-order valence-electron chi connectivity index (χ4n) is 1.81. The molecule has 6 heteroatoms. The summed E-state index contributed by atoms with van der Waals surface area (Å²) in [5.74, 6) is 0.758. The number of thioether (sulfide) groups is 1. The van der Waals surface area contributed by atoms with Crippen LogP contribution in [-0.4, -0.2) is 15.5 Å². The molecule has 102 valence electrons. The van der Waals surface area contributed by atoms with Gasteiger partial charge in [0.15, 0.2) is 0 Å². The summed E-state index contributed by atoms with van der Waals surface area (Å²) in [6.07, 6.45) is 1.66. The Kier molecular flexibility index (Phi) is 5.33. The zero-order valence-corrected chi connectivity index (χ0v) is 13.7. The summed E-state index contributed by atoms with van der Waals surface area (Å²) < 4.78 is 2.94. The Morgan fingerprint density at radius 2 is 2.21 bits per heavy atom. The SMILES string of the molecule is CCn1ncc(Cl)c1C(N)CSc1ccccc1Br. The molecule has 3 nitrogen and oxygen atoms in total. The van der Waals surface area contributed by atoms with Gasteiger partial charge in [0.1, 0.15) is 0 Å². The van der Waals surface area contributed by atoms with Crippen molar-refractivity contribution in [2.75, 3.05) is 5.75 Å². The first-order valence-corrected chi connectivity index (χ1v) is 8.13. The number of hydrogen-bond donors (Lipinski definition) is 1. The molecule has 1 atom stereocenters. The van der Waals surface area contributed by atoms with Crippen molar-refractivity contribution in [3.05, 3.63) is 45.7 Å². The highest BCUT2D eigenvalue weighted by Gasteiger charge is 2.16. The van der Waals surface area contributed by atoms with Crippen molar-refractivity contribution in [2.45, 2.75) is 24.4 Å². The molecular formula is C13H15BrClN3S. The molecule has 2 rings (SSSR count). The van der Waals surface area contributed by atoms with Crippen molar-refractivity contribution >= 4 is 39.3 Å². The van der Waals surface area contributed by atoms with Gasteiger partial charge in [-0.05, 0) is 35.0 Å². The number of halogens is 2. The number of nitrogens with two attached hydrogens (primary N) is 1. The summed E-state index contributed by atoms with van der Waals surface area (Å²) in [5.41, 5.74) is 7.14. The number of aromatic nitrogens is 2. The minimum atomic E-state index is -0.132. The highest BCUT2D eigenvalue weighted by atomic mass is 79.9. The minimum Gasteiger partial charge on any atom is -0.322 e. The van der Waals surface area contributed by atoms with Gasteiger partial charge in [-0.15, -0.1) is 11.8 Å². The van der Waals surface area contributed by atoms with Gasteiger partial charge in [0, 0.05) is 21.7 Å². The predicted octanol–water partition coefficient (Wildman–Crippen LogP) is 4.11. The normalized spacial score (nSPS) is 12.6. The second-order valence-electron chi connectivity index (χ2n) is 4.04. The molecule has 2 N–H and O–H groups in total. The average Bonchev–Trinajstić information content (AvgIpc) is 2.78. The van der Waals surface area contributed by atoms with Crippen molar-refractivity contribution < 1.29 is 0 Å². The van der Waals surface area contributed by atoms with Gasteiger partial charge >= 0.3 is 0 Å². The highest BCUT2D eigenvalue weighted by Crippen LogP contribution is 2.31. The van der Waals surface area contributed by atoms with Crippen LogP contribution in [0.5, 0.6) is 0 Å². The molecule has 1 aromatic carbocycles. The third-order valence-electron chi connectivity index (χ3n) is 2.74. The van der Waals surface area contributed by atoms with Crippen molar-refractivity contribution in [1.82, 2.24) is 9.78 Å². The first-order valence-electron chi connectivity index (χ1n) is 5.97.